The molecule has 2 amide bonds. The molecule has 0 aliphatic heterocycles. The predicted molar refractivity (Wildman–Crippen MR) is 131 cm³/mol. The van der Waals surface area contributed by atoms with E-state index in [9.17, 15) is 14.4 Å². The average molecular weight is 504 g/mol. The molecule has 11 heteroatoms. The maximum Gasteiger partial charge on any atom is 0.325 e. The molecule has 1 heterocycles. The van der Waals surface area contributed by atoms with Crippen LogP contribution in [0.1, 0.15) is 21.6 Å². The van der Waals surface area contributed by atoms with Crippen LogP contribution < -0.4 is 10.2 Å². The van der Waals surface area contributed by atoms with Crippen LogP contribution in [0, 0.1) is 0 Å². The standard InChI is InChI=1S/C23H23Cl2N5O4/c1-28(12-15-7-8-17(24)18(25)10-15)23(34)30(3)21-19(13-31)29(2)22(27-21)26-16-6-4-5-14(9-16)11-20(32)33/h4-10,13H,11-12H2,1-3H3,(H,26,27)(H,32,33). The Labute approximate surface area is 206 Å². The Kier molecular flexibility index (Phi) is 7.80. The number of urea groups is 1. The number of aromatic nitrogens is 2. The van der Waals surface area contributed by atoms with Gasteiger partial charge in [-0.1, -0.05) is 41.4 Å². The third kappa shape index (κ3) is 5.67. The number of halogens is 2. The van der Waals surface area contributed by atoms with Crippen molar-refractivity contribution in [2.75, 3.05) is 24.3 Å². The molecule has 0 fully saturated rings. The molecule has 2 N–H and O–H groups in total. The fraction of sp³-hybridized carbons (Fsp3) is 0.217. The minimum Gasteiger partial charge on any atom is -0.481 e. The summed E-state index contributed by atoms with van der Waals surface area (Å²) in [5, 5.41) is 12.9. The molecule has 178 valence electrons. The highest BCUT2D eigenvalue weighted by atomic mass is 35.5. The molecule has 34 heavy (non-hydrogen) atoms. The molecule has 0 radical (unpaired) electrons. The summed E-state index contributed by atoms with van der Waals surface area (Å²) in [6.07, 6.45) is 0.500. The van der Waals surface area contributed by atoms with E-state index in [2.05, 4.69) is 10.3 Å². The quantitative estimate of drug-likeness (QED) is 0.435. The topological polar surface area (TPSA) is 108 Å². The molecule has 9 nitrogen and oxygen atoms in total. The van der Waals surface area contributed by atoms with Gasteiger partial charge in [0.1, 0.15) is 5.69 Å². The summed E-state index contributed by atoms with van der Waals surface area (Å²) in [5.41, 5.74) is 2.20. The Morgan fingerprint density at radius 3 is 2.50 bits per heavy atom. The number of hydrogen-bond donors (Lipinski definition) is 2. The van der Waals surface area contributed by atoms with Crippen LogP contribution in [0.15, 0.2) is 42.5 Å². The van der Waals surface area contributed by atoms with Crippen molar-refractivity contribution in [2.24, 2.45) is 7.05 Å². The Bertz CT molecular complexity index is 1240. The van der Waals surface area contributed by atoms with Crippen molar-refractivity contribution >= 4 is 58.9 Å². The van der Waals surface area contributed by atoms with E-state index in [1.165, 1.54) is 21.4 Å². The SMILES string of the molecule is CN(Cc1ccc(Cl)c(Cl)c1)C(=O)N(C)c1nc(Nc2cccc(CC(=O)O)c2)n(C)c1C=O. The molecule has 0 unspecified atom stereocenters. The van der Waals surface area contributed by atoms with Crippen molar-refractivity contribution in [3.63, 3.8) is 0 Å². The van der Waals surface area contributed by atoms with E-state index < -0.39 is 5.97 Å². The second kappa shape index (κ2) is 10.6. The molecule has 3 aromatic rings. The van der Waals surface area contributed by atoms with Crippen molar-refractivity contribution < 1.29 is 19.5 Å². The van der Waals surface area contributed by atoms with Gasteiger partial charge in [0, 0.05) is 33.4 Å². The smallest absolute Gasteiger partial charge is 0.325 e. The fourth-order valence-electron chi connectivity index (χ4n) is 3.38. The summed E-state index contributed by atoms with van der Waals surface area (Å²) in [6.45, 7) is 0.269. The molecule has 0 bridgehead atoms. The molecule has 2 aromatic carbocycles. The maximum atomic E-state index is 13.0. The monoisotopic (exact) mass is 503 g/mol. The molecule has 0 atom stereocenters. The third-order valence-electron chi connectivity index (χ3n) is 5.11. The number of aliphatic carboxylic acids is 1. The lowest BCUT2D eigenvalue weighted by atomic mass is 10.1. The van der Waals surface area contributed by atoms with Crippen LogP contribution in [0.2, 0.25) is 10.0 Å². The minimum atomic E-state index is -0.940. The lowest BCUT2D eigenvalue weighted by molar-refractivity contribution is -0.136. The first-order valence-electron chi connectivity index (χ1n) is 10.1. The van der Waals surface area contributed by atoms with Crippen LogP contribution in [-0.4, -0.2) is 51.9 Å². The van der Waals surface area contributed by atoms with Crippen LogP contribution in [0.25, 0.3) is 0 Å². The number of rotatable bonds is 8. The number of nitrogens with zero attached hydrogens (tertiary/aromatic N) is 4. The molecular weight excluding hydrogens is 481 g/mol. The van der Waals surface area contributed by atoms with Crippen molar-refractivity contribution in [3.8, 4) is 0 Å². The predicted octanol–water partition coefficient (Wildman–Crippen LogP) is 4.60. The van der Waals surface area contributed by atoms with Gasteiger partial charge in [-0.15, -0.1) is 0 Å². The molecule has 3 rings (SSSR count). The first-order valence-corrected chi connectivity index (χ1v) is 10.9. The number of aldehydes is 1. The third-order valence-corrected chi connectivity index (χ3v) is 5.84. The highest BCUT2D eigenvalue weighted by Gasteiger charge is 2.24. The van der Waals surface area contributed by atoms with Gasteiger partial charge in [0.05, 0.1) is 16.5 Å². The van der Waals surface area contributed by atoms with Crippen LogP contribution in [0.4, 0.5) is 22.2 Å². The van der Waals surface area contributed by atoms with Crippen molar-refractivity contribution in [1.82, 2.24) is 14.5 Å². The number of anilines is 3. The zero-order valence-electron chi connectivity index (χ0n) is 18.7. The number of carboxylic acid groups (broad SMARTS) is 1. The van der Waals surface area contributed by atoms with E-state index in [0.29, 0.717) is 33.5 Å². The summed E-state index contributed by atoms with van der Waals surface area (Å²) in [7, 11) is 4.79. The number of amides is 2. The van der Waals surface area contributed by atoms with Gasteiger partial charge in [-0.05, 0) is 35.4 Å². The summed E-state index contributed by atoms with van der Waals surface area (Å²) < 4.78 is 1.52. The van der Waals surface area contributed by atoms with Crippen LogP contribution >= 0.6 is 23.2 Å². The van der Waals surface area contributed by atoms with Gasteiger partial charge in [0.2, 0.25) is 5.95 Å². The van der Waals surface area contributed by atoms with Crippen LogP contribution in [-0.2, 0) is 24.8 Å². The first kappa shape index (κ1) is 25.1. The van der Waals surface area contributed by atoms with Gasteiger partial charge < -0.3 is 19.9 Å². The number of carbonyl (C=O) groups excluding carboxylic acids is 2. The normalized spacial score (nSPS) is 10.6. The molecular formula is C23H23Cl2N5O4. The van der Waals surface area contributed by atoms with Crippen molar-refractivity contribution in [2.45, 2.75) is 13.0 Å². The number of carboxylic acids is 1. The summed E-state index contributed by atoms with van der Waals surface area (Å²) >= 11 is 12.0. The van der Waals surface area contributed by atoms with Gasteiger partial charge >= 0.3 is 12.0 Å². The van der Waals surface area contributed by atoms with Gasteiger partial charge in [-0.25, -0.2) is 4.79 Å². The second-order valence-electron chi connectivity index (χ2n) is 7.66. The first-order chi connectivity index (χ1) is 16.1. The minimum absolute atomic E-state index is 0.122. The maximum absolute atomic E-state index is 13.0. The van der Waals surface area contributed by atoms with E-state index in [1.54, 1.807) is 56.6 Å². The van der Waals surface area contributed by atoms with Gasteiger partial charge in [0.15, 0.2) is 12.1 Å². The fourth-order valence-corrected chi connectivity index (χ4v) is 3.70. The Hall–Kier alpha value is -3.56. The van der Waals surface area contributed by atoms with E-state index in [4.69, 9.17) is 28.3 Å². The summed E-state index contributed by atoms with van der Waals surface area (Å²) in [6, 6.07) is 11.6. The zero-order chi connectivity index (χ0) is 25.0. The largest absolute Gasteiger partial charge is 0.481 e. The lowest BCUT2D eigenvalue weighted by Crippen LogP contribution is -2.39. The molecule has 0 aliphatic carbocycles. The highest BCUT2D eigenvalue weighted by Crippen LogP contribution is 2.26. The van der Waals surface area contributed by atoms with Gasteiger partial charge in [-0.2, -0.15) is 4.98 Å². The van der Waals surface area contributed by atoms with Gasteiger partial charge in [-0.3, -0.25) is 14.5 Å². The highest BCUT2D eigenvalue weighted by molar-refractivity contribution is 6.42. The van der Waals surface area contributed by atoms with E-state index in [-0.39, 0.29) is 30.5 Å². The Balaban J connectivity index is 1.81. The van der Waals surface area contributed by atoms with Crippen LogP contribution in [0.5, 0.6) is 0 Å². The van der Waals surface area contributed by atoms with E-state index in [0.717, 1.165) is 5.56 Å². The molecule has 1 aromatic heterocycles. The second-order valence-corrected chi connectivity index (χ2v) is 8.48. The van der Waals surface area contributed by atoms with Crippen molar-refractivity contribution in [3.05, 3.63) is 69.3 Å². The number of carbonyl (C=O) groups is 3. The lowest BCUT2D eigenvalue weighted by Gasteiger charge is -2.24. The zero-order valence-corrected chi connectivity index (χ0v) is 20.3. The van der Waals surface area contributed by atoms with E-state index >= 15 is 0 Å². The van der Waals surface area contributed by atoms with E-state index in [1.807, 2.05) is 0 Å². The number of nitrogens with one attached hydrogen (secondary N) is 1. The van der Waals surface area contributed by atoms with Crippen molar-refractivity contribution in [1.29, 1.82) is 0 Å². The molecule has 0 saturated carbocycles. The number of imidazole rings is 1. The number of hydrogen-bond acceptors (Lipinski definition) is 5. The summed E-state index contributed by atoms with van der Waals surface area (Å²) in [4.78, 5) is 43.0. The Morgan fingerprint density at radius 1 is 1.12 bits per heavy atom. The van der Waals surface area contributed by atoms with Gasteiger partial charge in [0.25, 0.3) is 0 Å². The number of benzene rings is 2. The molecule has 0 saturated heterocycles. The summed E-state index contributed by atoms with van der Waals surface area (Å²) in [5.74, 6) is -0.450. The Morgan fingerprint density at radius 2 is 1.85 bits per heavy atom. The average Bonchev–Trinajstić information content (AvgIpc) is 3.10. The molecule has 0 spiro atoms. The van der Waals surface area contributed by atoms with Crippen LogP contribution in [0.3, 0.4) is 0 Å². The molecule has 0 aliphatic rings.